The summed E-state index contributed by atoms with van der Waals surface area (Å²) in [6.07, 6.45) is 0.368. The quantitative estimate of drug-likeness (QED) is 0.643. The molecule has 0 saturated carbocycles. The number of fused-ring (bicyclic) bond motifs is 1. The molecule has 1 aromatic heterocycles. The van der Waals surface area contributed by atoms with Crippen molar-refractivity contribution in [3.8, 4) is 10.6 Å². The van der Waals surface area contributed by atoms with E-state index in [4.69, 9.17) is 23.8 Å². The van der Waals surface area contributed by atoms with Crippen LogP contribution in [-0.2, 0) is 4.79 Å². The molecular formula is C17H14ClN3OS2. The minimum Gasteiger partial charge on any atom is -0.332 e. The number of carbonyl (C=O) groups excluding carboxylic acids is 1. The Hall–Kier alpha value is -2.02. The van der Waals surface area contributed by atoms with Crippen LogP contribution in [0.4, 0.5) is 5.69 Å². The van der Waals surface area contributed by atoms with E-state index in [0.717, 1.165) is 26.5 Å². The highest BCUT2D eigenvalue weighted by atomic mass is 35.5. The molecule has 0 bridgehead atoms. The van der Waals surface area contributed by atoms with Gasteiger partial charge in [-0.1, -0.05) is 30.7 Å². The lowest BCUT2D eigenvalue weighted by Gasteiger charge is -2.12. The number of carbonyl (C=O) groups is 1. The summed E-state index contributed by atoms with van der Waals surface area (Å²) >= 11 is 12.9. The van der Waals surface area contributed by atoms with Crippen LogP contribution in [0.3, 0.4) is 0 Å². The van der Waals surface area contributed by atoms with Crippen LogP contribution < -0.4 is 10.6 Å². The molecule has 0 unspecified atom stereocenters. The van der Waals surface area contributed by atoms with Gasteiger partial charge < -0.3 is 10.6 Å². The maximum absolute atomic E-state index is 11.5. The lowest BCUT2D eigenvalue weighted by atomic mass is 10.2. The average Bonchev–Trinajstić information content (AvgIpc) is 3.00. The van der Waals surface area contributed by atoms with Crippen LogP contribution in [-0.4, -0.2) is 16.0 Å². The van der Waals surface area contributed by atoms with E-state index in [9.17, 15) is 4.79 Å². The monoisotopic (exact) mass is 375 g/mol. The lowest BCUT2D eigenvalue weighted by Crippen LogP contribution is -2.33. The Labute approximate surface area is 153 Å². The zero-order valence-electron chi connectivity index (χ0n) is 12.8. The molecule has 0 saturated heterocycles. The number of anilines is 1. The Morgan fingerprint density at radius 3 is 2.83 bits per heavy atom. The van der Waals surface area contributed by atoms with E-state index in [1.165, 1.54) is 0 Å². The topological polar surface area (TPSA) is 54.0 Å². The Kier molecular flexibility index (Phi) is 5.08. The summed E-state index contributed by atoms with van der Waals surface area (Å²) in [5, 5.41) is 7.39. The number of benzene rings is 2. The van der Waals surface area contributed by atoms with Crippen LogP contribution in [0.15, 0.2) is 42.5 Å². The molecule has 2 N–H and O–H groups in total. The predicted octanol–water partition coefficient (Wildman–Crippen LogP) is 4.84. The van der Waals surface area contributed by atoms with Gasteiger partial charge in [0.25, 0.3) is 0 Å². The third-order valence-electron chi connectivity index (χ3n) is 3.33. The molecule has 24 heavy (non-hydrogen) atoms. The summed E-state index contributed by atoms with van der Waals surface area (Å²) in [7, 11) is 0. The molecular weight excluding hydrogens is 362 g/mol. The molecule has 1 heterocycles. The first-order valence-corrected chi connectivity index (χ1v) is 8.93. The van der Waals surface area contributed by atoms with Gasteiger partial charge in [-0.2, -0.15) is 0 Å². The van der Waals surface area contributed by atoms with Gasteiger partial charge in [-0.05, 0) is 42.5 Å². The standard InChI is InChI=1S/C17H14ClN3OS2/c1-2-15(22)21-17(23)20-12-8-7-10(18)9-11(12)16-19-13-5-3-4-6-14(13)24-16/h3-9H,2H2,1H3,(H2,20,21,22,23). The van der Waals surface area contributed by atoms with Crippen molar-refractivity contribution < 1.29 is 4.79 Å². The lowest BCUT2D eigenvalue weighted by molar-refractivity contribution is -0.119. The molecule has 2 aromatic carbocycles. The highest BCUT2D eigenvalue weighted by Gasteiger charge is 2.13. The summed E-state index contributed by atoms with van der Waals surface area (Å²) in [5.74, 6) is -0.136. The van der Waals surface area contributed by atoms with Crippen LogP contribution in [0.1, 0.15) is 13.3 Å². The van der Waals surface area contributed by atoms with Crippen LogP contribution in [0.2, 0.25) is 5.02 Å². The number of amides is 1. The van der Waals surface area contributed by atoms with Gasteiger partial charge in [0, 0.05) is 17.0 Å². The molecule has 0 radical (unpaired) electrons. The smallest absolute Gasteiger partial charge is 0.225 e. The fourth-order valence-electron chi connectivity index (χ4n) is 2.16. The second-order valence-corrected chi connectivity index (χ2v) is 6.91. The van der Waals surface area contributed by atoms with E-state index in [2.05, 4.69) is 15.6 Å². The third kappa shape index (κ3) is 3.72. The first-order chi connectivity index (χ1) is 11.6. The molecule has 3 rings (SSSR count). The number of nitrogens with zero attached hydrogens (tertiary/aromatic N) is 1. The van der Waals surface area contributed by atoms with Crippen molar-refractivity contribution in [1.82, 2.24) is 10.3 Å². The number of para-hydroxylation sites is 1. The van der Waals surface area contributed by atoms with E-state index in [-0.39, 0.29) is 11.0 Å². The van der Waals surface area contributed by atoms with Gasteiger partial charge in [0.15, 0.2) is 5.11 Å². The number of rotatable bonds is 3. The molecule has 0 fully saturated rings. The van der Waals surface area contributed by atoms with E-state index >= 15 is 0 Å². The number of halogens is 1. The van der Waals surface area contributed by atoms with Crippen LogP contribution in [0.25, 0.3) is 20.8 Å². The summed E-state index contributed by atoms with van der Waals surface area (Å²) in [4.78, 5) is 16.1. The van der Waals surface area contributed by atoms with Gasteiger partial charge in [0.2, 0.25) is 5.91 Å². The van der Waals surface area contributed by atoms with Crippen molar-refractivity contribution in [2.45, 2.75) is 13.3 Å². The zero-order valence-corrected chi connectivity index (χ0v) is 15.2. The highest BCUT2D eigenvalue weighted by molar-refractivity contribution is 7.80. The predicted molar refractivity (Wildman–Crippen MR) is 105 cm³/mol. The SMILES string of the molecule is CCC(=O)NC(=S)Nc1ccc(Cl)cc1-c1nc2ccccc2s1. The van der Waals surface area contributed by atoms with Gasteiger partial charge >= 0.3 is 0 Å². The van der Waals surface area contributed by atoms with Gasteiger partial charge in [-0.15, -0.1) is 11.3 Å². The largest absolute Gasteiger partial charge is 0.332 e. The third-order valence-corrected chi connectivity index (χ3v) is 4.84. The molecule has 0 atom stereocenters. The number of nitrogens with one attached hydrogen (secondary N) is 2. The van der Waals surface area contributed by atoms with Crippen molar-refractivity contribution in [2.75, 3.05) is 5.32 Å². The first-order valence-electron chi connectivity index (χ1n) is 7.33. The van der Waals surface area contributed by atoms with Gasteiger partial charge in [0.05, 0.1) is 15.9 Å². The van der Waals surface area contributed by atoms with Gasteiger partial charge in [0.1, 0.15) is 5.01 Å². The highest BCUT2D eigenvalue weighted by Crippen LogP contribution is 2.36. The van der Waals surface area contributed by atoms with Crippen molar-refractivity contribution in [2.24, 2.45) is 0 Å². The Bertz CT molecular complexity index is 890. The molecule has 0 aliphatic carbocycles. The summed E-state index contributed by atoms with van der Waals surface area (Å²) in [6, 6.07) is 13.4. The second kappa shape index (κ2) is 7.25. The number of aromatic nitrogens is 1. The molecule has 1 amide bonds. The number of hydrogen-bond donors (Lipinski definition) is 2. The van der Waals surface area contributed by atoms with Gasteiger partial charge in [-0.3, -0.25) is 4.79 Å². The number of hydrogen-bond acceptors (Lipinski definition) is 4. The summed E-state index contributed by atoms with van der Waals surface area (Å²) in [5.41, 5.74) is 2.53. The maximum atomic E-state index is 11.5. The Morgan fingerprint density at radius 2 is 2.08 bits per heavy atom. The summed E-state index contributed by atoms with van der Waals surface area (Å²) < 4.78 is 1.10. The van der Waals surface area contributed by atoms with E-state index < -0.39 is 0 Å². The maximum Gasteiger partial charge on any atom is 0.225 e. The fraction of sp³-hybridized carbons (Fsp3) is 0.118. The first kappa shape index (κ1) is 16.8. The van der Waals surface area contributed by atoms with E-state index in [1.54, 1.807) is 24.3 Å². The second-order valence-electron chi connectivity index (χ2n) is 5.03. The van der Waals surface area contributed by atoms with Crippen molar-refractivity contribution in [3.05, 3.63) is 47.5 Å². The van der Waals surface area contributed by atoms with Crippen molar-refractivity contribution in [1.29, 1.82) is 0 Å². The number of thiazole rings is 1. The normalized spacial score (nSPS) is 10.6. The van der Waals surface area contributed by atoms with Crippen LogP contribution in [0.5, 0.6) is 0 Å². The Balaban J connectivity index is 1.96. The van der Waals surface area contributed by atoms with Crippen LogP contribution >= 0.6 is 35.2 Å². The Morgan fingerprint density at radius 1 is 1.29 bits per heavy atom. The van der Waals surface area contributed by atoms with E-state index in [0.29, 0.717) is 11.4 Å². The fourth-order valence-corrected chi connectivity index (χ4v) is 3.55. The zero-order chi connectivity index (χ0) is 17.1. The van der Waals surface area contributed by atoms with Gasteiger partial charge in [-0.25, -0.2) is 4.98 Å². The average molecular weight is 376 g/mol. The van der Waals surface area contributed by atoms with Crippen molar-refractivity contribution in [3.63, 3.8) is 0 Å². The molecule has 4 nitrogen and oxygen atoms in total. The van der Waals surface area contributed by atoms with Crippen molar-refractivity contribution >= 4 is 62.1 Å². The number of thiocarbonyl (C=S) groups is 1. The molecule has 7 heteroatoms. The minimum atomic E-state index is -0.136. The molecule has 0 aliphatic rings. The molecule has 0 spiro atoms. The summed E-state index contributed by atoms with van der Waals surface area (Å²) in [6.45, 7) is 1.77. The van der Waals surface area contributed by atoms with E-state index in [1.807, 2.05) is 36.4 Å². The molecule has 3 aromatic rings. The molecule has 0 aliphatic heterocycles. The minimum absolute atomic E-state index is 0.136. The molecule has 122 valence electrons. The van der Waals surface area contributed by atoms with Crippen LogP contribution in [0, 0.1) is 0 Å².